The van der Waals surface area contributed by atoms with Crippen molar-refractivity contribution < 1.29 is 14.4 Å². The van der Waals surface area contributed by atoms with Gasteiger partial charge in [0, 0.05) is 28.8 Å². The van der Waals surface area contributed by atoms with Crippen molar-refractivity contribution in [3.8, 4) is 0 Å². The average molecular weight is 423 g/mol. The van der Waals surface area contributed by atoms with E-state index in [1.54, 1.807) is 16.3 Å². The number of hydrogen-bond donors (Lipinski definition) is 4. The van der Waals surface area contributed by atoms with Gasteiger partial charge in [0.1, 0.15) is 11.9 Å². The van der Waals surface area contributed by atoms with E-state index in [1.165, 1.54) is 11.3 Å². The summed E-state index contributed by atoms with van der Waals surface area (Å²) in [7, 11) is 3.89. The van der Waals surface area contributed by atoms with Gasteiger partial charge in [0.2, 0.25) is 17.7 Å². The lowest BCUT2D eigenvalue weighted by molar-refractivity contribution is -0.138. The Labute approximate surface area is 175 Å². The van der Waals surface area contributed by atoms with Crippen LogP contribution in [0.3, 0.4) is 0 Å². The van der Waals surface area contributed by atoms with Crippen molar-refractivity contribution in [2.24, 2.45) is 5.73 Å². The van der Waals surface area contributed by atoms with Gasteiger partial charge >= 0.3 is 0 Å². The van der Waals surface area contributed by atoms with Crippen LogP contribution in [0.25, 0.3) is 0 Å². The third kappa shape index (κ3) is 7.13. The Balaban J connectivity index is 1.78. The number of amides is 3. The van der Waals surface area contributed by atoms with E-state index >= 15 is 0 Å². The maximum Gasteiger partial charge on any atom is 0.243 e. The lowest BCUT2D eigenvalue weighted by Crippen LogP contribution is -2.48. The van der Waals surface area contributed by atoms with Crippen LogP contribution in [0.1, 0.15) is 36.1 Å². The largest absolute Gasteiger partial charge is 0.384 e. The number of nitrogens with one attached hydrogen (secondary N) is 3. The van der Waals surface area contributed by atoms with Gasteiger partial charge in [0.05, 0.1) is 13.1 Å². The molecule has 1 aromatic heterocycles. The van der Waals surface area contributed by atoms with Crippen molar-refractivity contribution in [1.82, 2.24) is 20.4 Å². The van der Waals surface area contributed by atoms with E-state index in [4.69, 9.17) is 11.1 Å². The second-order valence-corrected chi connectivity index (χ2v) is 8.36. The van der Waals surface area contributed by atoms with Gasteiger partial charge in [0.15, 0.2) is 0 Å². The Bertz CT molecular complexity index is 748. The summed E-state index contributed by atoms with van der Waals surface area (Å²) < 4.78 is 0. The van der Waals surface area contributed by atoms with Crippen LogP contribution < -0.4 is 16.4 Å². The number of nitrogens with two attached hydrogens (primary N) is 1. The van der Waals surface area contributed by atoms with Gasteiger partial charge in [-0.3, -0.25) is 19.8 Å². The molecule has 1 aliphatic rings. The molecule has 3 amide bonds. The van der Waals surface area contributed by atoms with Crippen LogP contribution in [0.2, 0.25) is 0 Å². The van der Waals surface area contributed by atoms with Crippen LogP contribution in [-0.4, -0.2) is 73.1 Å². The summed E-state index contributed by atoms with van der Waals surface area (Å²) in [4.78, 5) is 41.4. The second kappa shape index (κ2) is 10.9. The molecular weight excluding hydrogens is 392 g/mol. The van der Waals surface area contributed by atoms with Crippen LogP contribution in [-0.2, 0) is 20.9 Å². The number of thiophene rings is 1. The number of rotatable bonds is 10. The first-order chi connectivity index (χ1) is 13.8. The zero-order valence-electron chi connectivity index (χ0n) is 17.0. The molecule has 1 fully saturated rings. The average Bonchev–Trinajstić information content (AvgIpc) is 3.33. The molecule has 0 saturated carbocycles. The number of likely N-dealkylation sites (tertiary alicyclic amines) is 1. The normalized spacial score (nSPS) is 16.1. The zero-order valence-corrected chi connectivity index (χ0v) is 17.8. The van der Waals surface area contributed by atoms with E-state index in [1.807, 2.05) is 19.0 Å². The van der Waals surface area contributed by atoms with Crippen molar-refractivity contribution >= 4 is 34.9 Å². The Hall–Kier alpha value is -2.46. The fraction of sp³-hybridized carbons (Fsp3) is 0.579. The number of carbonyl (C=O) groups excluding carboxylic acids is 3. The van der Waals surface area contributed by atoms with Crippen LogP contribution in [0.15, 0.2) is 11.4 Å². The van der Waals surface area contributed by atoms with Crippen LogP contribution in [0, 0.1) is 5.41 Å². The molecule has 10 heteroatoms. The molecule has 9 nitrogen and oxygen atoms in total. The topological polar surface area (TPSA) is 132 Å². The van der Waals surface area contributed by atoms with Crippen molar-refractivity contribution in [3.63, 3.8) is 0 Å². The Kier molecular flexibility index (Phi) is 8.59. The first kappa shape index (κ1) is 22.8. The van der Waals surface area contributed by atoms with Crippen LogP contribution >= 0.6 is 11.3 Å². The van der Waals surface area contributed by atoms with Gasteiger partial charge in [-0.25, -0.2) is 0 Å². The van der Waals surface area contributed by atoms with Crippen LogP contribution in [0.5, 0.6) is 0 Å². The molecule has 0 unspecified atom stereocenters. The third-order valence-electron chi connectivity index (χ3n) is 4.72. The molecule has 1 atom stereocenters. The maximum absolute atomic E-state index is 12.6. The van der Waals surface area contributed by atoms with Crippen molar-refractivity contribution in [2.45, 2.75) is 38.3 Å². The molecule has 29 heavy (non-hydrogen) atoms. The molecular formula is C19H30N6O3S. The highest BCUT2D eigenvalue weighted by molar-refractivity contribution is 7.10. The summed E-state index contributed by atoms with van der Waals surface area (Å²) in [6.45, 7) is 1.57. The fourth-order valence-electron chi connectivity index (χ4n) is 3.16. The maximum atomic E-state index is 12.6. The Morgan fingerprint density at radius 1 is 1.34 bits per heavy atom. The summed E-state index contributed by atoms with van der Waals surface area (Å²) in [5, 5.41) is 14.7. The number of hydrogen-bond acceptors (Lipinski definition) is 6. The zero-order chi connectivity index (χ0) is 21.4. The second-order valence-electron chi connectivity index (χ2n) is 7.36. The van der Waals surface area contributed by atoms with E-state index < -0.39 is 6.04 Å². The summed E-state index contributed by atoms with van der Waals surface area (Å²) in [5.41, 5.74) is 6.09. The van der Waals surface area contributed by atoms with E-state index in [9.17, 15) is 14.4 Å². The Morgan fingerprint density at radius 3 is 2.76 bits per heavy atom. The number of nitrogens with zero attached hydrogens (tertiary/aromatic N) is 2. The van der Waals surface area contributed by atoms with Crippen molar-refractivity contribution in [3.05, 3.63) is 21.9 Å². The highest BCUT2D eigenvalue weighted by Crippen LogP contribution is 2.18. The standard InChI is InChI=1S/C19H30N6O3S/c1-24(2)7-4-6-16(26)22-11-17(27)25-8-3-5-15(25)19(28)23-10-14-9-13(12-29-14)18(20)21/h9,12,15H,3-8,10-11H2,1-2H3,(H3,20,21)(H,22,26)(H,23,28)/t15-/m0/s1. The molecule has 1 saturated heterocycles. The van der Waals surface area contributed by atoms with Crippen molar-refractivity contribution in [2.75, 3.05) is 33.7 Å². The summed E-state index contributed by atoms with van der Waals surface area (Å²) in [6, 6.07) is 1.26. The Morgan fingerprint density at radius 2 is 2.10 bits per heavy atom. The van der Waals surface area contributed by atoms with Crippen LogP contribution in [0.4, 0.5) is 0 Å². The van der Waals surface area contributed by atoms with Gasteiger partial charge in [-0.05, 0) is 46.0 Å². The molecule has 160 valence electrons. The van der Waals surface area contributed by atoms with E-state index in [2.05, 4.69) is 10.6 Å². The highest BCUT2D eigenvalue weighted by atomic mass is 32.1. The first-order valence-corrected chi connectivity index (χ1v) is 10.6. The number of carbonyl (C=O) groups is 3. The predicted octanol–water partition coefficient (Wildman–Crippen LogP) is 0.0974. The molecule has 1 aromatic rings. The molecule has 0 aliphatic carbocycles. The van der Waals surface area contributed by atoms with E-state index in [0.29, 0.717) is 31.5 Å². The van der Waals surface area contributed by atoms with Gasteiger partial charge in [-0.15, -0.1) is 11.3 Å². The minimum Gasteiger partial charge on any atom is -0.384 e. The summed E-state index contributed by atoms with van der Waals surface area (Å²) in [6.07, 6.45) is 2.47. The molecule has 0 bridgehead atoms. The van der Waals surface area contributed by atoms with Gasteiger partial charge < -0.3 is 26.2 Å². The lowest BCUT2D eigenvalue weighted by Gasteiger charge is -2.24. The number of nitrogen functional groups attached to an aromatic ring is 1. The molecule has 0 radical (unpaired) electrons. The van der Waals surface area contributed by atoms with E-state index in [-0.39, 0.29) is 30.1 Å². The number of amidine groups is 1. The molecule has 0 aromatic carbocycles. The summed E-state index contributed by atoms with van der Waals surface area (Å²) >= 11 is 1.42. The fourth-order valence-corrected chi connectivity index (χ4v) is 3.99. The summed E-state index contributed by atoms with van der Waals surface area (Å²) in [5.74, 6) is -0.598. The van der Waals surface area contributed by atoms with Crippen molar-refractivity contribution in [1.29, 1.82) is 5.41 Å². The minimum atomic E-state index is -0.514. The monoisotopic (exact) mass is 422 g/mol. The lowest BCUT2D eigenvalue weighted by atomic mass is 10.2. The molecule has 5 N–H and O–H groups in total. The first-order valence-electron chi connectivity index (χ1n) is 9.68. The quantitative estimate of drug-likeness (QED) is 0.314. The minimum absolute atomic E-state index is 0.00449. The highest BCUT2D eigenvalue weighted by Gasteiger charge is 2.33. The molecule has 2 rings (SSSR count). The van der Waals surface area contributed by atoms with Gasteiger partial charge in [0.25, 0.3) is 0 Å². The van der Waals surface area contributed by atoms with E-state index in [0.717, 1.165) is 24.3 Å². The molecule has 1 aliphatic heterocycles. The SMILES string of the molecule is CN(C)CCCC(=O)NCC(=O)N1CCC[C@H]1C(=O)NCc1cc(C(=N)N)cs1. The van der Waals surface area contributed by atoms with Gasteiger partial charge in [-0.1, -0.05) is 0 Å². The van der Waals surface area contributed by atoms with Gasteiger partial charge in [-0.2, -0.15) is 0 Å². The molecule has 0 spiro atoms. The molecule has 2 heterocycles. The predicted molar refractivity (Wildman–Crippen MR) is 113 cm³/mol. The third-order valence-corrected chi connectivity index (χ3v) is 5.66. The smallest absolute Gasteiger partial charge is 0.243 e.